The standard InChI is InChI=1S/C19H27N5O3S/c1-22(2)28(26,27)16-6-7-18(24-11-3-4-12-24)17(14-16)19(25)21-8-5-10-23-13-9-20-15-23/h6-7,9,13-15H,3-5,8,10-12H2,1-2H3,(H,21,25). The lowest BCUT2D eigenvalue weighted by Crippen LogP contribution is -2.29. The fourth-order valence-corrected chi connectivity index (χ4v) is 4.21. The maximum atomic E-state index is 12.9. The third-order valence-corrected chi connectivity index (χ3v) is 6.69. The number of carbonyl (C=O) groups is 1. The van der Waals surface area contributed by atoms with Crippen molar-refractivity contribution < 1.29 is 13.2 Å². The number of amides is 1. The predicted molar refractivity (Wildman–Crippen MR) is 108 cm³/mol. The number of hydrogen-bond acceptors (Lipinski definition) is 5. The first kappa shape index (κ1) is 20.3. The molecule has 0 aliphatic carbocycles. The molecule has 2 aromatic rings. The zero-order valence-corrected chi connectivity index (χ0v) is 17.2. The Kier molecular flexibility index (Phi) is 6.35. The predicted octanol–water partition coefficient (Wildman–Crippen LogP) is 1.55. The van der Waals surface area contributed by atoms with Gasteiger partial charge in [-0.1, -0.05) is 0 Å². The van der Waals surface area contributed by atoms with Crippen molar-refractivity contribution in [2.45, 2.75) is 30.7 Å². The van der Waals surface area contributed by atoms with Crippen LogP contribution < -0.4 is 10.2 Å². The minimum atomic E-state index is -3.60. The Morgan fingerprint density at radius 2 is 2.00 bits per heavy atom. The molecule has 1 aliphatic heterocycles. The number of sulfonamides is 1. The van der Waals surface area contributed by atoms with Crippen molar-refractivity contribution in [1.82, 2.24) is 19.2 Å². The normalized spacial score (nSPS) is 14.6. The second kappa shape index (κ2) is 8.74. The van der Waals surface area contributed by atoms with E-state index in [1.165, 1.54) is 20.2 Å². The third-order valence-electron chi connectivity index (χ3n) is 4.88. The summed E-state index contributed by atoms with van der Waals surface area (Å²) in [7, 11) is -0.632. The molecule has 1 amide bonds. The third kappa shape index (κ3) is 4.53. The Hall–Kier alpha value is -2.39. The molecule has 8 nitrogen and oxygen atoms in total. The minimum absolute atomic E-state index is 0.129. The molecule has 2 heterocycles. The van der Waals surface area contributed by atoms with E-state index in [2.05, 4.69) is 15.2 Å². The molecule has 28 heavy (non-hydrogen) atoms. The zero-order valence-electron chi connectivity index (χ0n) is 16.3. The average Bonchev–Trinajstić information content (AvgIpc) is 3.38. The molecule has 0 bridgehead atoms. The summed E-state index contributed by atoms with van der Waals surface area (Å²) in [4.78, 5) is 19.1. The van der Waals surface area contributed by atoms with Gasteiger partial charge in [0.15, 0.2) is 0 Å². The van der Waals surface area contributed by atoms with Crippen LogP contribution >= 0.6 is 0 Å². The van der Waals surface area contributed by atoms with Gasteiger partial charge in [-0.05, 0) is 37.5 Å². The van der Waals surface area contributed by atoms with Gasteiger partial charge in [-0.15, -0.1) is 0 Å². The van der Waals surface area contributed by atoms with E-state index >= 15 is 0 Å². The van der Waals surface area contributed by atoms with Crippen LogP contribution in [0.2, 0.25) is 0 Å². The molecule has 1 aliphatic rings. The van der Waals surface area contributed by atoms with E-state index in [1.807, 2.05) is 10.8 Å². The Bertz CT molecular complexity index is 904. The van der Waals surface area contributed by atoms with Crippen molar-refractivity contribution in [3.63, 3.8) is 0 Å². The monoisotopic (exact) mass is 405 g/mol. The summed E-state index contributed by atoms with van der Waals surface area (Å²) in [6.07, 6.45) is 8.24. The summed E-state index contributed by atoms with van der Waals surface area (Å²) in [6, 6.07) is 4.83. The number of benzene rings is 1. The van der Waals surface area contributed by atoms with E-state index in [1.54, 1.807) is 24.7 Å². The van der Waals surface area contributed by atoms with Gasteiger partial charge in [0.25, 0.3) is 5.91 Å². The SMILES string of the molecule is CN(C)S(=O)(=O)c1ccc(N2CCCC2)c(C(=O)NCCCn2ccnc2)c1. The van der Waals surface area contributed by atoms with Gasteiger partial charge in [-0.3, -0.25) is 4.79 Å². The molecule has 0 saturated carbocycles. The Labute approximate surface area is 166 Å². The number of imidazole rings is 1. The number of nitrogens with one attached hydrogen (secondary N) is 1. The highest BCUT2D eigenvalue weighted by Crippen LogP contribution is 2.28. The maximum Gasteiger partial charge on any atom is 0.253 e. The van der Waals surface area contributed by atoms with Crippen LogP contribution in [-0.2, 0) is 16.6 Å². The van der Waals surface area contributed by atoms with Gasteiger partial charge < -0.3 is 14.8 Å². The van der Waals surface area contributed by atoms with Crippen molar-refractivity contribution in [3.8, 4) is 0 Å². The zero-order chi connectivity index (χ0) is 20.1. The fraction of sp³-hybridized carbons (Fsp3) is 0.474. The number of rotatable bonds is 8. The molecule has 3 rings (SSSR count). The topological polar surface area (TPSA) is 87.5 Å². The molecule has 1 N–H and O–H groups in total. The number of nitrogens with zero attached hydrogens (tertiary/aromatic N) is 4. The number of aromatic nitrogens is 2. The average molecular weight is 406 g/mol. The highest BCUT2D eigenvalue weighted by Gasteiger charge is 2.24. The molecule has 0 unspecified atom stereocenters. The molecule has 1 aromatic carbocycles. The molecular formula is C19H27N5O3S. The van der Waals surface area contributed by atoms with E-state index in [4.69, 9.17) is 0 Å². The molecule has 0 atom stereocenters. The number of hydrogen-bond donors (Lipinski definition) is 1. The summed E-state index contributed by atoms with van der Waals surface area (Å²) in [6.45, 7) is 3.01. The highest BCUT2D eigenvalue weighted by atomic mass is 32.2. The van der Waals surface area contributed by atoms with Crippen LogP contribution in [0.15, 0.2) is 41.8 Å². The minimum Gasteiger partial charge on any atom is -0.371 e. The molecular weight excluding hydrogens is 378 g/mol. The highest BCUT2D eigenvalue weighted by molar-refractivity contribution is 7.89. The van der Waals surface area contributed by atoms with E-state index in [-0.39, 0.29) is 10.8 Å². The Morgan fingerprint density at radius 1 is 1.25 bits per heavy atom. The van der Waals surface area contributed by atoms with Crippen molar-refractivity contribution in [1.29, 1.82) is 0 Å². The summed E-state index contributed by atoms with van der Waals surface area (Å²) >= 11 is 0. The van der Waals surface area contributed by atoms with Gasteiger partial charge in [-0.25, -0.2) is 17.7 Å². The van der Waals surface area contributed by atoms with Gasteiger partial charge in [0.1, 0.15) is 0 Å². The molecule has 1 fully saturated rings. The quantitative estimate of drug-likeness (QED) is 0.674. The second-order valence-electron chi connectivity index (χ2n) is 7.07. The second-order valence-corrected chi connectivity index (χ2v) is 9.22. The van der Waals surface area contributed by atoms with Crippen LogP contribution in [0.25, 0.3) is 0 Å². The number of aryl methyl sites for hydroxylation is 1. The fourth-order valence-electron chi connectivity index (χ4n) is 3.28. The molecule has 152 valence electrons. The lowest BCUT2D eigenvalue weighted by Gasteiger charge is -2.22. The molecule has 0 spiro atoms. The first-order valence-electron chi connectivity index (χ1n) is 9.45. The smallest absolute Gasteiger partial charge is 0.253 e. The molecule has 1 aromatic heterocycles. The van der Waals surface area contributed by atoms with Gasteiger partial charge >= 0.3 is 0 Å². The lowest BCUT2D eigenvalue weighted by molar-refractivity contribution is 0.0953. The molecule has 1 saturated heterocycles. The van der Waals surface area contributed by atoms with Crippen molar-refractivity contribution in [2.24, 2.45) is 0 Å². The molecule has 9 heteroatoms. The van der Waals surface area contributed by atoms with Crippen LogP contribution in [0.5, 0.6) is 0 Å². The van der Waals surface area contributed by atoms with Gasteiger partial charge in [0, 0.05) is 58.4 Å². The van der Waals surface area contributed by atoms with Crippen molar-refractivity contribution in [2.75, 3.05) is 38.6 Å². The summed E-state index contributed by atoms with van der Waals surface area (Å²) in [5.41, 5.74) is 1.20. The first-order chi connectivity index (χ1) is 13.4. The van der Waals surface area contributed by atoms with Gasteiger partial charge in [-0.2, -0.15) is 0 Å². The Morgan fingerprint density at radius 3 is 2.64 bits per heavy atom. The molecule has 0 radical (unpaired) electrons. The number of anilines is 1. The van der Waals surface area contributed by atoms with Crippen LogP contribution in [0.4, 0.5) is 5.69 Å². The van der Waals surface area contributed by atoms with Crippen molar-refractivity contribution >= 4 is 21.6 Å². The summed E-state index contributed by atoms with van der Waals surface area (Å²) < 4.78 is 28.1. The van der Waals surface area contributed by atoms with Crippen LogP contribution in [0, 0.1) is 0 Å². The van der Waals surface area contributed by atoms with Crippen LogP contribution in [0.1, 0.15) is 29.6 Å². The maximum absolute atomic E-state index is 12.9. The van der Waals surface area contributed by atoms with Crippen molar-refractivity contribution in [3.05, 3.63) is 42.5 Å². The van der Waals surface area contributed by atoms with E-state index < -0.39 is 10.0 Å². The number of carbonyl (C=O) groups excluding carboxylic acids is 1. The van der Waals surface area contributed by atoms with E-state index in [9.17, 15) is 13.2 Å². The lowest BCUT2D eigenvalue weighted by atomic mass is 10.1. The van der Waals surface area contributed by atoms with E-state index in [0.29, 0.717) is 12.1 Å². The van der Waals surface area contributed by atoms with E-state index in [0.717, 1.165) is 48.9 Å². The van der Waals surface area contributed by atoms with Crippen LogP contribution in [0.3, 0.4) is 0 Å². The summed E-state index contributed by atoms with van der Waals surface area (Å²) in [5, 5.41) is 2.93. The van der Waals surface area contributed by atoms with Gasteiger partial charge in [0.2, 0.25) is 10.0 Å². The largest absolute Gasteiger partial charge is 0.371 e. The van der Waals surface area contributed by atoms with Crippen LogP contribution in [-0.4, -0.2) is 61.9 Å². The first-order valence-corrected chi connectivity index (χ1v) is 10.9. The Balaban J connectivity index is 1.77. The summed E-state index contributed by atoms with van der Waals surface area (Å²) in [5.74, 6) is -0.247. The van der Waals surface area contributed by atoms with Gasteiger partial charge in [0.05, 0.1) is 16.8 Å².